The van der Waals surface area contributed by atoms with E-state index < -0.39 is 0 Å². The number of benzene rings is 2. The van der Waals surface area contributed by atoms with Crippen molar-refractivity contribution in [1.82, 2.24) is 5.32 Å². The van der Waals surface area contributed by atoms with E-state index in [4.69, 9.17) is 14.6 Å². The first-order valence-corrected chi connectivity index (χ1v) is 7.48. The fourth-order valence-electron chi connectivity index (χ4n) is 2.11. The highest BCUT2D eigenvalue weighted by molar-refractivity contribution is 5.43. The standard InChI is InChI=1S/C18H23NO3/c1-21-18-12-16(13-19-10-5-11-20)8-9-17(18)22-14-15-6-3-2-4-7-15/h2-4,6-9,12,19-20H,5,10-11,13-14H2,1H3. The van der Waals surface area contributed by atoms with Gasteiger partial charge in [-0.05, 0) is 36.2 Å². The molecule has 0 amide bonds. The Bertz CT molecular complexity index is 558. The van der Waals surface area contributed by atoms with Crippen molar-refractivity contribution in [2.45, 2.75) is 19.6 Å². The average Bonchev–Trinajstić information content (AvgIpc) is 2.58. The first-order chi connectivity index (χ1) is 10.8. The highest BCUT2D eigenvalue weighted by Gasteiger charge is 2.06. The summed E-state index contributed by atoms with van der Waals surface area (Å²) >= 11 is 0. The third-order valence-electron chi connectivity index (χ3n) is 3.31. The summed E-state index contributed by atoms with van der Waals surface area (Å²) < 4.78 is 11.2. The van der Waals surface area contributed by atoms with Crippen LogP contribution < -0.4 is 14.8 Å². The summed E-state index contributed by atoms with van der Waals surface area (Å²) in [5.74, 6) is 1.47. The van der Waals surface area contributed by atoms with Crippen LogP contribution in [0.2, 0.25) is 0 Å². The molecule has 2 aromatic carbocycles. The summed E-state index contributed by atoms with van der Waals surface area (Å²) in [7, 11) is 1.65. The Balaban J connectivity index is 1.93. The third kappa shape index (κ3) is 5.06. The topological polar surface area (TPSA) is 50.7 Å². The summed E-state index contributed by atoms with van der Waals surface area (Å²) in [5.41, 5.74) is 2.25. The second-order valence-electron chi connectivity index (χ2n) is 5.01. The zero-order valence-electron chi connectivity index (χ0n) is 12.9. The largest absolute Gasteiger partial charge is 0.493 e. The molecule has 118 valence electrons. The van der Waals surface area contributed by atoms with Crippen molar-refractivity contribution in [3.63, 3.8) is 0 Å². The van der Waals surface area contributed by atoms with Gasteiger partial charge in [-0.1, -0.05) is 36.4 Å². The van der Waals surface area contributed by atoms with Crippen molar-refractivity contribution in [2.24, 2.45) is 0 Å². The van der Waals surface area contributed by atoms with Crippen LogP contribution in [0.3, 0.4) is 0 Å². The molecule has 0 saturated carbocycles. The Morgan fingerprint density at radius 1 is 1.00 bits per heavy atom. The van der Waals surface area contributed by atoms with Crippen LogP contribution in [0.4, 0.5) is 0 Å². The molecule has 2 rings (SSSR count). The van der Waals surface area contributed by atoms with E-state index in [-0.39, 0.29) is 6.61 Å². The summed E-state index contributed by atoms with van der Waals surface area (Å²) in [5, 5.41) is 12.0. The average molecular weight is 301 g/mol. The molecule has 4 heteroatoms. The molecule has 0 heterocycles. The number of aliphatic hydroxyl groups excluding tert-OH is 1. The highest BCUT2D eigenvalue weighted by Crippen LogP contribution is 2.28. The van der Waals surface area contributed by atoms with Crippen LogP contribution in [0.25, 0.3) is 0 Å². The van der Waals surface area contributed by atoms with E-state index in [1.54, 1.807) is 7.11 Å². The van der Waals surface area contributed by atoms with Crippen LogP contribution in [0.15, 0.2) is 48.5 Å². The van der Waals surface area contributed by atoms with Crippen molar-refractivity contribution in [3.8, 4) is 11.5 Å². The van der Waals surface area contributed by atoms with Crippen molar-refractivity contribution < 1.29 is 14.6 Å². The number of hydrogen-bond acceptors (Lipinski definition) is 4. The number of nitrogens with one attached hydrogen (secondary N) is 1. The fourth-order valence-corrected chi connectivity index (χ4v) is 2.11. The van der Waals surface area contributed by atoms with Gasteiger partial charge in [0.25, 0.3) is 0 Å². The second kappa shape index (κ2) is 9.07. The lowest BCUT2D eigenvalue weighted by atomic mass is 10.2. The first-order valence-electron chi connectivity index (χ1n) is 7.48. The van der Waals surface area contributed by atoms with Gasteiger partial charge >= 0.3 is 0 Å². The predicted octanol–water partition coefficient (Wildman–Crippen LogP) is 2.75. The van der Waals surface area contributed by atoms with E-state index in [0.717, 1.165) is 42.1 Å². The summed E-state index contributed by atoms with van der Waals surface area (Å²) in [4.78, 5) is 0. The van der Waals surface area contributed by atoms with Gasteiger partial charge in [-0.3, -0.25) is 0 Å². The van der Waals surface area contributed by atoms with E-state index in [1.165, 1.54) is 0 Å². The van der Waals surface area contributed by atoms with E-state index in [0.29, 0.717) is 6.61 Å². The van der Waals surface area contributed by atoms with Gasteiger partial charge in [0, 0.05) is 13.2 Å². The number of rotatable bonds is 9. The minimum atomic E-state index is 0.211. The van der Waals surface area contributed by atoms with E-state index in [2.05, 4.69) is 5.32 Å². The molecule has 2 N–H and O–H groups in total. The van der Waals surface area contributed by atoms with Gasteiger partial charge in [0.15, 0.2) is 11.5 Å². The van der Waals surface area contributed by atoms with Crippen LogP contribution in [0.5, 0.6) is 11.5 Å². The molecule has 0 unspecified atom stereocenters. The number of hydrogen-bond donors (Lipinski definition) is 2. The van der Waals surface area contributed by atoms with E-state index in [9.17, 15) is 0 Å². The number of ether oxygens (including phenoxy) is 2. The summed E-state index contributed by atoms with van der Waals surface area (Å²) in [6.45, 7) is 2.27. The molecule has 4 nitrogen and oxygen atoms in total. The van der Waals surface area contributed by atoms with Gasteiger partial charge in [0.2, 0.25) is 0 Å². The maximum Gasteiger partial charge on any atom is 0.161 e. The van der Waals surface area contributed by atoms with Gasteiger partial charge in [0.05, 0.1) is 7.11 Å². The molecule has 0 bridgehead atoms. The maximum absolute atomic E-state index is 8.76. The maximum atomic E-state index is 8.76. The molecule has 0 aliphatic carbocycles. The Labute approximate surface area is 131 Å². The number of aliphatic hydroxyl groups is 1. The smallest absolute Gasteiger partial charge is 0.161 e. The zero-order valence-corrected chi connectivity index (χ0v) is 12.9. The van der Waals surface area contributed by atoms with Gasteiger partial charge in [-0.2, -0.15) is 0 Å². The van der Waals surface area contributed by atoms with Gasteiger partial charge in [-0.25, -0.2) is 0 Å². The normalized spacial score (nSPS) is 10.5. The molecule has 0 atom stereocenters. The van der Waals surface area contributed by atoms with Crippen LogP contribution in [-0.4, -0.2) is 25.4 Å². The molecular weight excluding hydrogens is 278 g/mol. The van der Waals surface area contributed by atoms with Gasteiger partial charge < -0.3 is 19.9 Å². The Hall–Kier alpha value is -2.04. The summed E-state index contributed by atoms with van der Waals surface area (Å²) in [6, 6.07) is 16.0. The highest BCUT2D eigenvalue weighted by atomic mass is 16.5. The molecule has 0 fully saturated rings. The zero-order chi connectivity index (χ0) is 15.6. The molecule has 0 spiro atoms. The third-order valence-corrected chi connectivity index (χ3v) is 3.31. The Morgan fingerprint density at radius 3 is 2.55 bits per heavy atom. The Kier molecular flexibility index (Phi) is 6.74. The Morgan fingerprint density at radius 2 is 1.82 bits per heavy atom. The molecule has 0 radical (unpaired) electrons. The van der Waals surface area contributed by atoms with Gasteiger partial charge in [-0.15, -0.1) is 0 Å². The van der Waals surface area contributed by atoms with Crippen molar-refractivity contribution >= 4 is 0 Å². The predicted molar refractivity (Wildman–Crippen MR) is 87.2 cm³/mol. The van der Waals surface area contributed by atoms with Crippen LogP contribution in [-0.2, 0) is 13.2 Å². The van der Waals surface area contributed by atoms with Crippen LogP contribution in [0, 0.1) is 0 Å². The first kappa shape index (κ1) is 16.3. The lowest BCUT2D eigenvalue weighted by Gasteiger charge is -2.12. The van der Waals surface area contributed by atoms with Crippen molar-refractivity contribution in [3.05, 3.63) is 59.7 Å². The lowest BCUT2D eigenvalue weighted by molar-refractivity contribution is 0.283. The molecule has 2 aromatic rings. The van der Waals surface area contributed by atoms with E-state index >= 15 is 0 Å². The summed E-state index contributed by atoms with van der Waals surface area (Å²) in [6.07, 6.45) is 0.759. The minimum absolute atomic E-state index is 0.211. The molecule has 0 saturated heterocycles. The SMILES string of the molecule is COc1cc(CNCCCO)ccc1OCc1ccccc1. The molecule has 0 aromatic heterocycles. The molecular formula is C18H23NO3. The second-order valence-corrected chi connectivity index (χ2v) is 5.01. The number of methoxy groups -OCH3 is 1. The van der Waals surface area contributed by atoms with Crippen molar-refractivity contribution in [1.29, 1.82) is 0 Å². The van der Waals surface area contributed by atoms with Crippen molar-refractivity contribution in [2.75, 3.05) is 20.3 Å². The quantitative estimate of drug-likeness (QED) is 0.699. The molecule has 22 heavy (non-hydrogen) atoms. The van der Waals surface area contributed by atoms with Crippen LogP contribution in [0.1, 0.15) is 17.5 Å². The van der Waals surface area contributed by atoms with Gasteiger partial charge in [0.1, 0.15) is 6.61 Å². The molecule has 0 aliphatic rings. The van der Waals surface area contributed by atoms with E-state index in [1.807, 2.05) is 48.5 Å². The van der Waals surface area contributed by atoms with Crippen LogP contribution >= 0.6 is 0 Å². The fraction of sp³-hybridized carbons (Fsp3) is 0.333. The minimum Gasteiger partial charge on any atom is -0.493 e. The lowest BCUT2D eigenvalue weighted by Crippen LogP contribution is -2.15. The monoisotopic (exact) mass is 301 g/mol. The molecule has 0 aliphatic heterocycles.